The molecule has 1 aromatic carbocycles. The van der Waals surface area contributed by atoms with E-state index in [-0.39, 0.29) is 12.6 Å². The molecule has 0 unspecified atom stereocenters. The third-order valence-corrected chi connectivity index (χ3v) is 3.01. The van der Waals surface area contributed by atoms with Crippen molar-refractivity contribution in [2.45, 2.75) is 13.3 Å². The van der Waals surface area contributed by atoms with Crippen molar-refractivity contribution < 1.29 is 14.3 Å². The molecule has 2 heterocycles. The number of ether oxygens (including phenoxy) is 2. The summed E-state index contributed by atoms with van der Waals surface area (Å²) < 4.78 is 12.7. The number of aryl methyl sites for hydroxylation is 1. The molecular formula is C13H13NO3. The fraction of sp³-hybridized carbons (Fsp3) is 0.308. The maximum absolute atomic E-state index is 11.2. The smallest absolute Gasteiger partial charge is 0.231 e. The van der Waals surface area contributed by atoms with Crippen molar-refractivity contribution in [3.05, 3.63) is 23.9 Å². The number of aromatic nitrogens is 1. The summed E-state index contributed by atoms with van der Waals surface area (Å²) in [5.74, 6) is 1.69. The Balaban J connectivity index is 2.22. The minimum absolute atomic E-state index is 0.162. The second-order valence-electron chi connectivity index (χ2n) is 4.37. The van der Waals surface area contributed by atoms with Gasteiger partial charge in [-0.2, -0.15) is 0 Å². The molecule has 0 saturated heterocycles. The maximum atomic E-state index is 11.2. The first-order chi connectivity index (χ1) is 8.15. The molecule has 0 spiro atoms. The molecule has 1 aliphatic heterocycles. The Morgan fingerprint density at radius 1 is 1.35 bits per heavy atom. The fourth-order valence-corrected chi connectivity index (χ4v) is 2.26. The van der Waals surface area contributed by atoms with Crippen LogP contribution in [0.5, 0.6) is 11.5 Å². The van der Waals surface area contributed by atoms with E-state index in [4.69, 9.17) is 9.47 Å². The van der Waals surface area contributed by atoms with Crippen molar-refractivity contribution in [1.29, 1.82) is 0 Å². The molecule has 0 N–H and O–H groups in total. The lowest BCUT2D eigenvalue weighted by Crippen LogP contribution is -1.95. The molecule has 0 bridgehead atoms. The highest BCUT2D eigenvalue weighted by atomic mass is 16.7. The summed E-state index contributed by atoms with van der Waals surface area (Å²) in [5, 5.41) is 1.06. The minimum atomic E-state index is 0.162. The predicted octanol–water partition coefficient (Wildman–Crippen LogP) is 2.04. The molecule has 1 aromatic heterocycles. The normalized spacial score (nSPS) is 13.3. The summed E-state index contributed by atoms with van der Waals surface area (Å²) in [5.41, 5.74) is 2.10. The van der Waals surface area contributed by atoms with Gasteiger partial charge in [-0.15, -0.1) is 0 Å². The van der Waals surface area contributed by atoms with Crippen molar-refractivity contribution in [2.75, 3.05) is 6.79 Å². The van der Waals surface area contributed by atoms with Crippen molar-refractivity contribution >= 4 is 16.7 Å². The average Bonchev–Trinajstić information content (AvgIpc) is 2.82. The zero-order valence-electron chi connectivity index (χ0n) is 9.82. The second kappa shape index (κ2) is 3.52. The molecule has 0 saturated carbocycles. The Morgan fingerprint density at radius 2 is 2.06 bits per heavy atom. The van der Waals surface area contributed by atoms with E-state index in [1.54, 1.807) is 6.92 Å². The van der Waals surface area contributed by atoms with Gasteiger partial charge in [0, 0.05) is 31.1 Å². The van der Waals surface area contributed by atoms with Crippen LogP contribution >= 0.6 is 0 Å². The predicted molar refractivity (Wildman–Crippen MR) is 63.4 cm³/mol. The molecule has 4 nitrogen and oxygen atoms in total. The third-order valence-electron chi connectivity index (χ3n) is 3.01. The molecule has 17 heavy (non-hydrogen) atoms. The van der Waals surface area contributed by atoms with E-state index in [0.717, 1.165) is 28.0 Å². The topological polar surface area (TPSA) is 40.5 Å². The van der Waals surface area contributed by atoms with E-state index in [9.17, 15) is 4.79 Å². The molecule has 0 fully saturated rings. The van der Waals surface area contributed by atoms with Crippen LogP contribution in [0.1, 0.15) is 12.5 Å². The average molecular weight is 231 g/mol. The van der Waals surface area contributed by atoms with Gasteiger partial charge >= 0.3 is 0 Å². The van der Waals surface area contributed by atoms with Crippen LogP contribution in [0.3, 0.4) is 0 Å². The number of carbonyl (C=O) groups is 1. The summed E-state index contributed by atoms with van der Waals surface area (Å²) in [6.45, 7) is 1.87. The molecule has 0 aliphatic carbocycles. The maximum Gasteiger partial charge on any atom is 0.231 e. The van der Waals surface area contributed by atoms with Gasteiger partial charge in [0.25, 0.3) is 0 Å². The monoisotopic (exact) mass is 231 g/mol. The number of Topliss-reactive ketones (excluding diaryl/α,β-unsaturated/α-hetero) is 1. The van der Waals surface area contributed by atoms with E-state index >= 15 is 0 Å². The molecule has 3 rings (SSSR count). The van der Waals surface area contributed by atoms with E-state index in [0.29, 0.717) is 6.42 Å². The van der Waals surface area contributed by atoms with Crippen LogP contribution in [0.15, 0.2) is 18.3 Å². The summed E-state index contributed by atoms with van der Waals surface area (Å²) in [4.78, 5) is 11.2. The number of hydrogen-bond acceptors (Lipinski definition) is 3. The number of fused-ring (bicyclic) bond motifs is 2. The molecule has 0 radical (unpaired) electrons. The van der Waals surface area contributed by atoms with Gasteiger partial charge in [-0.1, -0.05) is 0 Å². The first-order valence-electron chi connectivity index (χ1n) is 5.52. The summed E-state index contributed by atoms with van der Waals surface area (Å²) in [6.07, 6.45) is 2.44. The lowest BCUT2D eigenvalue weighted by Gasteiger charge is -1.99. The van der Waals surface area contributed by atoms with Gasteiger partial charge in [0.05, 0.1) is 5.52 Å². The fourth-order valence-electron chi connectivity index (χ4n) is 2.26. The van der Waals surface area contributed by atoms with E-state index < -0.39 is 0 Å². The van der Waals surface area contributed by atoms with Crippen molar-refractivity contribution in [1.82, 2.24) is 4.57 Å². The standard InChI is InChI=1S/C13H13NO3/c1-8(15)3-9-6-14(2)11-5-13-12(4-10(9)11)16-7-17-13/h4-6H,3,7H2,1-2H3. The highest BCUT2D eigenvalue weighted by molar-refractivity contribution is 5.91. The Labute approximate surface area is 98.7 Å². The number of rotatable bonds is 2. The van der Waals surface area contributed by atoms with E-state index in [2.05, 4.69) is 0 Å². The van der Waals surface area contributed by atoms with Crippen LogP contribution in [0.4, 0.5) is 0 Å². The van der Waals surface area contributed by atoms with Crippen molar-refractivity contribution in [3.8, 4) is 11.5 Å². The molecule has 0 amide bonds. The van der Waals surface area contributed by atoms with Crippen molar-refractivity contribution in [3.63, 3.8) is 0 Å². The van der Waals surface area contributed by atoms with Gasteiger partial charge in [0.15, 0.2) is 11.5 Å². The Kier molecular flexibility index (Phi) is 2.11. The van der Waals surface area contributed by atoms with Crippen molar-refractivity contribution in [2.24, 2.45) is 7.05 Å². The highest BCUT2D eigenvalue weighted by Crippen LogP contribution is 2.37. The molecule has 2 aromatic rings. The van der Waals surface area contributed by atoms with Gasteiger partial charge in [-0.05, 0) is 18.6 Å². The molecule has 1 aliphatic rings. The lowest BCUT2D eigenvalue weighted by atomic mass is 10.1. The summed E-state index contributed by atoms with van der Waals surface area (Å²) in [7, 11) is 1.97. The van der Waals surface area contributed by atoms with Gasteiger partial charge in [-0.3, -0.25) is 4.79 Å². The quantitative estimate of drug-likeness (QED) is 0.794. The number of benzene rings is 1. The number of hydrogen-bond donors (Lipinski definition) is 0. The number of ketones is 1. The van der Waals surface area contributed by atoms with Crippen LogP contribution in [0.25, 0.3) is 10.9 Å². The Hall–Kier alpha value is -1.97. The zero-order valence-corrected chi connectivity index (χ0v) is 9.82. The van der Waals surface area contributed by atoms with Crippen LogP contribution in [-0.4, -0.2) is 17.1 Å². The number of carbonyl (C=O) groups excluding carboxylic acids is 1. The molecule has 88 valence electrons. The largest absolute Gasteiger partial charge is 0.454 e. The second-order valence-corrected chi connectivity index (χ2v) is 4.37. The highest BCUT2D eigenvalue weighted by Gasteiger charge is 2.17. The van der Waals surface area contributed by atoms with Gasteiger partial charge < -0.3 is 14.0 Å². The molecule has 4 heteroatoms. The van der Waals surface area contributed by atoms with E-state index in [1.165, 1.54) is 0 Å². The lowest BCUT2D eigenvalue weighted by molar-refractivity contribution is -0.116. The van der Waals surface area contributed by atoms with E-state index in [1.807, 2.05) is 29.9 Å². The first-order valence-corrected chi connectivity index (χ1v) is 5.52. The first kappa shape index (κ1) is 10.2. The Bertz CT molecular complexity index is 613. The van der Waals surface area contributed by atoms with Gasteiger partial charge in [0.1, 0.15) is 5.78 Å². The number of nitrogens with zero attached hydrogens (tertiary/aromatic N) is 1. The molecule has 0 atom stereocenters. The third kappa shape index (κ3) is 1.56. The summed E-state index contributed by atoms with van der Waals surface area (Å²) >= 11 is 0. The van der Waals surface area contributed by atoms with Crippen LogP contribution in [-0.2, 0) is 18.3 Å². The Morgan fingerprint density at radius 3 is 2.76 bits per heavy atom. The minimum Gasteiger partial charge on any atom is -0.454 e. The van der Waals surface area contributed by atoms with Crippen LogP contribution in [0.2, 0.25) is 0 Å². The van der Waals surface area contributed by atoms with Gasteiger partial charge in [0.2, 0.25) is 6.79 Å². The van der Waals surface area contributed by atoms with Crippen LogP contribution in [0, 0.1) is 0 Å². The summed E-state index contributed by atoms with van der Waals surface area (Å²) in [6, 6.07) is 3.91. The zero-order chi connectivity index (χ0) is 12.0. The molecular weight excluding hydrogens is 218 g/mol. The SMILES string of the molecule is CC(=O)Cc1cn(C)c2cc3c(cc12)OCO3. The van der Waals surface area contributed by atoms with Gasteiger partial charge in [-0.25, -0.2) is 0 Å². The van der Waals surface area contributed by atoms with Crippen LogP contribution < -0.4 is 9.47 Å².